The van der Waals surface area contributed by atoms with Crippen LogP contribution in [0.25, 0.3) is 10.9 Å². The van der Waals surface area contributed by atoms with Gasteiger partial charge < -0.3 is 10.2 Å². The van der Waals surface area contributed by atoms with Crippen LogP contribution in [-0.2, 0) is 0 Å². The molecular formula is C15H16ClN3O. The van der Waals surface area contributed by atoms with Gasteiger partial charge in [-0.2, -0.15) is 0 Å². The summed E-state index contributed by atoms with van der Waals surface area (Å²) in [5.74, 6) is -0.0131. The number of amides is 1. The number of rotatable bonds is 1. The van der Waals surface area contributed by atoms with Gasteiger partial charge in [0, 0.05) is 36.1 Å². The summed E-state index contributed by atoms with van der Waals surface area (Å²) in [4.78, 5) is 18.9. The number of benzene rings is 1. The van der Waals surface area contributed by atoms with E-state index in [1.807, 2.05) is 30.0 Å². The molecule has 0 bridgehead atoms. The van der Waals surface area contributed by atoms with Gasteiger partial charge in [-0.3, -0.25) is 4.79 Å². The van der Waals surface area contributed by atoms with Crippen molar-refractivity contribution in [3.63, 3.8) is 0 Å². The molecule has 3 rings (SSSR count). The molecule has 1 aromatic carbocycles. The predicted molar refractivity (Wildman–Crippen MR) is 80.1 cm³/mol. The third-order valence-corrected chi connectivity index (χ3v) is 3.87. The minimum Gasteiger partial charge on any atom is -0.332 e. The summed E-state index contributed by atoms with van der Waals surface area (Å²) in [6.07, 6.45) is 0. The number of nitrogens with one attached hydrogen (secondary N) is 1. The molecule has 5 heteroatoms. The average Bonchev–Trinajstić information content (AvgIpc) is 2.46. The number of halogens is 1. The van der Waals surface area contributed by atoms with Crippen molar-refractivity contribution in [2.45, 2.75) is 13.0 Å². The molecular weight excluding hydrogens is 274 g/mol. The summed E-state index contributed by atoms with van der Waals surface area (Å²) in [5, 5.41) is 4.89. The Morgan fingerprint density at radius 3 is 3.00 bits per heavy atom. The highest BCUT2D eigenvalue weighted by Gasteiger charge is 2.24. The molecule has 0 aliphatic carbocycles. The first-order valence-corrected chi connectivity index (χ1v) is 7.11. The quantitative estimate of drug-likeness (QED) is 0.876. The van der Waals surface area contributed by atoms with Crippen molar-refractivity contribution in [3.8, 4) is 0 Å². The third kappa shape index (κ3) is 2.49. The summed E-state index contributed by atoms with van der Waals surface area (Å²) in [5.41, 5.74) is 1.24. The summed E-state index contributed by atoms with van der Waals surface area (Å²) >= 11 is 5.98. The van der Waals surface area contributed by atoms with E-state index in [4.69, 9.17) is 11.6 Å². The van der Waals surface area contributed by atoms with Crippen molar-refractivity contribution >= 4 is 28.4 Å². The van der Waals surface area contributed by atoms with Crippen LogP contribution in [-0.4, -0.2) is 41.5 Å². The second-order valence-corrected chi connectivity index (χ2v) is 5.52. The first-order valence-electron chi connectivity index (χ1n) is 6.73. The molecule has 1 N–H and O–H groups in total. The standard InChI is InChI=1S/C15H16ClN3O/c1-10-9-17-6-7-19(10)15(20)13-5-3-11-2-4-12(16)8-14(11)18-13/h2-5,8,10,17H,6-7,9H2,1H3. The lowest BCUT2D eigenvalue weighted by atomic mass is 10.1. The summed E-state index contributed by atoms with van der Waals surface area (Å²) in [7, 11) is 0. The molecule has 1 atom stereocenters. The highest BCUT2D eigenvalue weighted by molar-refractivity contribution is 6.31. The van der Waals surface area contributed by atoms with E-state index in [0.29, 0.717) is 10.7 Å². The Labute approximate surface area is 122 Å². The van der Waals surface area contributed by atoms with Gasteiger partial charge in [-0.1, -0.05) is 23.7 Å². The number of fused-ring (bicyclic) bond motifs is 1. The molecule has 20 heavy (non-hydrogen) atoms. The molecule has 1 fully saturated rings. The lowest BCUT2D eigenvalue weighted by Gasteiger charge is -2.33. The Morgan fingerprint density at radius 2 is 2.20 bits per heavy atom. The SMILES string of the molecule is CC1CNCCN1C(=O)c1ccc2ccc(Cl)cc2n1. The van der Waals surface area contributed by atoms with Crippen molar-refractivity contribution in [2.75, 3.05) is 19.6 Å². The molecule has 2 heterocycles. The molecule has 0 saturated carbocycles. The van der Waals surface area contributed by atoms with Crippen molar-refractivity contribution in [3.05, 3.63) is 41.0 Å². The molecule has 4 nitrogen and oxygen atoms in total. The number of nitrogens with zero attached hydrogens (tertiary/aromatic N) is 2. The highest BCUT2D eigenvalue weighted by atomic mass is 35.5. The van der Waals surface area contributed by atoms with E-state index in [1.54, 1.807) is 12.1 Å². The van der Waals surface area contributed by atoms with Crippen LogP contribution in [0.5, 0.6) is 0 Å². The Hall–Kier alpha value is -1.65. The second kappa shape index (κ2) is 5.38. The van der Waals surface area contributed by atoms with Gasteiger partial charge in [0.05, 0.1) is 5.52 Å². The smallest absolute Gasteiger partial charge is 0.272 e. The van der Waals surface area contributed by atoms with E-state index >= 15 is 0 Å². The summed E-state index contributed by atoms with van der Waals surface area (Å²) in [6, 6.07) is 9.41. The fourth-order valence-electron chi connectivity index (χ4n) is 2.50. The van der Waals surface area contributed by atoms with Crippen molar-refractivity contribution in [1.29, 1.82) is 0 Å². The molecule has 1 saturated heterocycles. The topological polar surface area (TPSA) is 45.2 Å². The molecule has 1 amide bonds. The van der Waals surface area contributed by atoms with Crippen LogP contribution in [0.3, 0.4) is 0 Å². The predicted octanol–water partition coefficient (Wildman–Crippen LogP) is 2.32. The maximum Gasteiger partial charge on any atom is 0.272 e. The monoisotopic (exact) mass is 289 g/mol. The fourth-order valence-corrected chi connectivity index (χ4v) is 2.67. The van der Waals surface area contributed by atoms with Crippen LogP contribution in [0.15, 0.2) is 30.3 Å². The Morgan fingerprint density at radius 1 is 1.40 bits per heavy atom. The number of carbonyl (C=O) groups excluding carboxylic acids is 1. The lowest BCUT2D eigenvalue weighted by molar-refractivity contribution is 0.0650. The minimum atomic E-state index is -0.0131. The van der Waals surface area contributed by atoms with Crippen molar-refractivity contribution < 1.29 is 4.79 Å². The molecule has 0 radical (unpaired) electrons. The maximum atomic E-state index is 12.5. The first kappa shape index (κ1) is 13.3. The number of aromatic nitrogens is 1. The lowest BCUT2D eigenvalue weighted by Crippen LogP contribution is -2.52. The Balaban J connectivity index is 1.94. The van der Waals surface area contributed by atoms with Crippen LogP contribution >= 0.6 is 11.6 Å². The van der Waals surface area contributed by atoms with Crippen LogP contribution in [0.1, 0.15) is 17.4 Å². The van der Waals surface area contributed by atoms with Crippen LogP contribution in [0.2, 0.25) is 5.02 Å². The van der Waals surface area contributed by atoms with Crippen molar-refractivity contribution in [2.24, 2.45) is 0 Å². The third-order valence-electron chi connectivity index (χ3n) is 3.64. The zero-order valence-electron chi connectivity index (χ0n) is 11.3. The summed E-state index contributed by atoms with van der Waals surface area (Å²) in [6.45, 7) is 4.41. The average molecular weight is 290 g/mol. The van der Waals surface area contributed by atoms with E-state index in [9.17, 15) is 4.79 Å². The molecule has 1 aromatic heterocycles. The van der Waals surface area contributed by atoms with Crippen LogP contribution < -0.4 is 5.32 Å². The van der Waals surface area contributed by atoms with Gasteiger partial charge in [0.2, 0.25) is 0 Å². The summed E-state index contributed by atoms with van der Waals surface area (Å²) < 4.78 is 0. The van der Waals surface area contributed by atoms with Crippen LogP contribution in [0.4, 0.5) is 0 Å². The van der Waals surface area contributed by atoms with Gasteiger partial charge in [-0.05, 0) is 25.1 Å². The largest absolute Gasteiger partial charge is 0.332 e. The molecule has 0 spiro atoms. The van der Waals surface area contributed by atoms with Gasteiger partial charge >= 0.3 is 0 Å². The Bertz CT molecular complexity index is 659. The van der Waals surface area contributed by atoms with E-state index in [2.05, 4.69) is 10.3 Å². The van der Waals surface area contributed by atoms with Crippen LogP contribution in [0, 0.1) is 0 Å². The van der Waals surface area contributed by atoms with E-state index < -0.39 is 0 Å². The maximum absolute atomic E-state index is 12.5. The first-order chi connectivity index (χ1) is 9.65. The van der Waals surface area contributed by atoms with Gasteiger partial charge in [0.15, 0.2) is 0 Å². The van der Waals surface area contributed by atoms with Gasteiger partial charge in [-0.15, -0.1) is 0 Å². The molecule has 1 aliphatic rings. The minimum absolute atomic E-state index is 0.0131. The molecule has 2 aromatic rings. The molecule has 1 aliphatic heterocycles. The van der Waals surface area contributed by atoms with Gasteiger partial charge in [0.1, 0.15) is 5.69 Å². The Kier molecular flexibility index (Phi) is 3.59. The molecule has 1 unspecified atom stereocenters. The number of piperazine rings is 1. The number of hydrogen-bond donors (Lipinski definition) is 1. The zero-order chi connectivity index (χ0) is 14.1. The van der Waals surface area contributed by atoms with Crippen molar-refractivity contribution in [1.82, 2.24) is 15.2 Å². The number of hydrogen-bond acceptors (Lipinski definition) is 3. The van der Waals surface area contributed by atoms with E-state index in [1.165, 1.54) is 0 Å². The van der Waals surface area contributed by atoms with E-state index in [-0.39, 0.29) is 11.9 Å². The normalized spacial score (nSPS) is 19.3. The van der Waals surface area contributed by atoms with Gasteiger partial charge in [-0.25, -0.2) is 4.98 Å². The zero-order valence-corrected chi connectivity index (χ0v) is 12.0. The van der Waals surface area contributed by atoms with Gasteiger partial charge in [0.25, 0.3) is 5.91 Å². The number of pyridine rings is 1. The highest BCUT2D eigenvalue weighted by Crippen LogP contribution is 2.19. The van der Waals surface area contributed by atoms with E-state index in [0.717, 1.165) is 30.5 Å². The molecule has 104 valence electrons. The number of carbonyl (C=O) groups is 1. The second-order valence-electron chi connectivity index (χ2n) is 5.09. The fraction of sp³-hybridized carbons (Fsp3) is 0.333.